The number of benzene rings is 1. The zero-order chi connectivity index (χ0) is 20.5. The standard InChI is InChI=1S/C19H22F3N5O/c1-12-4-6-13(7-5-12)11-27-9-8-14(17(27)28)23-18-24-15(19(20,21)22)10-16(25-18)26(2)3/h4-7,10,14H,8-9,11H2,1-3H3,(H,23,24,25). The molecule has 1 amide bonds. The van der Waals surface area contributed by atoms with Crippen LogP contribution in [0.3, 0.4) is 0 Å². The van der Waals surface area contributed by atoms with E-state index in [9.17, 15) is 18.0 Å². The minimum atomic E-state index is -4.60. The number of anilines is 2. The number of amides is 1. The molecular formula is C19H22F3N5O. The van der Waals surface area contributed by atoms with Crippen LogP contribution in [0.5, 0.6) is 0 Å². The number of carbonyl (C=O) groups excluding carboxylic acids is 1. The number of carbonyl (C=O) groups is 1. The number of nitrogens with zero attached hydrogens (tertiary/aromatic N) is 4. The number of rotatable bonds is 5. The van der Waals surface area contributed by atoms with Crippen LogP contribution in [0, 0.1) is 6.92 Å². The lowest BCUT2D eigenvalue weighted by atomic mass is 10.1. The number of hydrogen-bond acceptors (Lipinski definition) is 5. The third-order valence-corrected chi connectivity index (χ3v) is 4.56. The molecule has 28 heavy (non-hydrogen) atoms. The second kappa shape index (κ2) is 7.65. The fourth-order valence-electron chi connectivity index (χ4n) is 2.97. The second-order valence-electron chi connectivity index (χ2n) is 7.06. The van der Waals surface area contributed by atoms with Gasteiger partial charge in [-0.05, 0) is 18.9 Å². The monoisotopic (exact) mass is 393 g/mol. The summed E-state index contributed by atoms with van der Waals surface area (Å²) < 4.78 is 39.4. The normalized spacial score (nSPS) is 17.1. The van der Waals surface area contributed by atoms with Crippen molar-refractivity contribution in [1.82, 2.24) is 14.9 Å². The largest absolute Gasteiger partial charge is 0.433 e. The van der Waals surface area contributed by atoms with Gasteiger partial charge < -0.3 is 15.1 Å². The van der Waals surface area contributed by atoms with E-state index in [-0.39, 0.29) is 17.7 Å². The van der Waals surface area contributed by atoms with Gasteiger partial charge in [-0.15, -0.1) is 0 Å². The molecule has 1 N–H and O–H groups in total. The smallest absolute Gasteiger partial charge is 0.363 e. The molecule has 1 unspecified atom stereocenters. The van der Waals surface area contributed by atoms with Gasteiger partial charge in [-0.2, -0.15) is 18.2 Å². The molecule has 1 saturated heterocycles. The van der Waals surface area contributed by atoms with Crippen LogP contribution >= 0.6 is 0 Å². The Kier molecular flexibility index (Phi) is 5.44. The van der Waals surface area contributed by atoms with Gasteiger partial charge in [-0.25, -0.2) is 4.98 Å². The molecule has 0 saturated carbocycles. The van der Waals surface area contributed by atoms with E-state index in [1.54, 1.807) is 19.0 Å². The molecule has 3 rings (SSSR count). The predicted molar refractivity (Wildman–Crippen MR) is 100.0 cm³/mol. The van der Waals surface area contributed by atoms with Gasteiger partial charge in [0.1, 0.15) is 11.9 Å². The second-order valence-corrected chi connectivity index (χ2v) is 7.06. The Labute approximate surface area is 161 Å². The molecule has 9 heteroatoms. The van der Waals surface area contributed by atoms with Crippen LogP contribution in [0.15, 0.2) is 30.3 Å². The van der Waals surface area contributed by atoms with Crippen LogP contribution in [-0.4, -0.2) is 47.5 Å². The van der Waals surface area contributed by atoms with Crippen LogP contribution in [0.1, 0.15) is 23.2 Å². The summed E-state index contributed by atoms with van der Waals surface area (Å²) in [5.41, 5.74) is 1.09. The molecule has 1 aromatic carbocycles. The first-order valence-electron chi connectivity index (χ1n) is 8.88. The summed E-state index contributed by atoms with van der Waals surface area (Å²) in [7, 11) is 3.19. The highest BCUT2D eigenvalue weighted by molar-refractivity contribution is 5.86. The Morgan fingerprint density at radius 2 is 1.89 bits per heavy atom. The van der Waals surface area contributed by atoms with Crippen LogP contribution in [0.4, 0.5) is 24.9 Å². The lowest BCUT2D eigenvalue weighted by molar-refractivity contribution is -0.141. The van der Waals surface area contributed by atoms with Gasteiger partial charge in [0.05, 0.1) is 0 Å². The molecule has 1 aliphatic heterocycles. The molecule has 0 radical (unpaired) electrons. The van der Waals surface area contributed by atoms with Crippen LogP contribution in [-0.2, 0) is 17.5 Å². The van der Waals surface area contributed by atoms with Crippen molar-refractivity contribution in [2.45, 2.75) is 32.1 Å². The van der Waals surface area contributed by atoms with Crippen LogP contribution < -0.4 is 10.2 Å². The summed E-state index contributed by atoms with van der Waals surface area (Å²) in [4.78, 5) is 23.5. The van der Waals surface area contributed by atoms with Gasteiger partial charge >= 0.3 is 6.18 Å². The number of halogens is 3. The molecule has 6 nitrogen and oxygen atoms in total. The van der Waals surface area contributed by atoms with Crippen molar-refractivity contribution in [2.24, 2.45) is 0 Å². The van der Waals surface area contributed by atoms with Gasteiger partial charge in [0.2, 0.25) is 11.9 Å². The molecule has 2 aromatic rings. The van der Waals surface area contributed by atoms with Crippen molar-refractivity contribution in [3.63, 3.8) is 0 Å². The highest BCUT2D eigenvalue weighted by Crippen LogP contribution is 2.30. The maximum absolute atomic E-state index is 13.1. The topological polar surface area (TPSA) is 61.4 Å². The van der Waals surface area contributed by atoms with Crippen molar-refractivity contribution in [2.75, 3.05) is 30.9 Å². The van der Waals surface area contributed by atoms with E-state index in [1.165, 1.54) is 4.90 Å². The third-order valence-electron chi connectivity index (χ3n) is 4.56. The van der Waals surface area contributed by atoms with Crippen molar-refractivity contribution in [3.8, 4) is 0 Å². The van der Waals surface area contributed by atoms with Crippen molar-refractivity contribution in [1.29, 1.82) is 0 Å². The number of likely N-dealkylation sites (tertiary alicyclic amines) is 1. The first-order chi connectivity index (χ1) is 13.1. The summed E-state index contributed by atoms with van der Waals surface area (Å²) in [6, 6.07) is 8.11. The summed E-state index contributed by atoms with van der Waals surface area (Å²) in [6.07, 6.45) is -4.12. The van der Waals surface area contributed by atoms with Crippen molar-refractivity contribution < 1.29 is 18.0 Å². The minimum Gasteiger partial charge on any atom is -0.363 e. The van der Waals surface area contributed by atoms with Crippen molar-refractivity contribution in [3.05, 3.63) is 47.2 Å². The van der Waals surface area contributed by atoms with E-state index >= 15 is 0 Å². The third kappa shape index (κ3) is 4.52. The van der Waals surface area contributed by atoms with Gasteiger partial charge in [0, 0.05) is 33.3 Å². The number of aromatic nitrogens is 2. The molecule has 2 heterocycles. The molecule has 0 aliphatic carbocycles. The SMILES string of the molecule is Cc1ccc(CN2CCC(Nc3nc(N(C)C)cc(C(F)(F)F)n3)C2=O)cc1. The van der Waals surface area contributed by atoms with Gasteiger partial charge in [-0.1, -0.05) is 29.8 Å². The minimum absolute atomic E-state index is 0.117. The zero-order valence-electron chi connectivity index (χ0n) is 15.9. The van der Waals surface area contributed by atoms with Gasteiger partial charge in [-0.3, -0.25) is 4.79 Å². The number of hydrogen-bond donors (Lipinski definition) is 1. The maximum atomic E-state index is 13.1. The lowest BCUT2D eigenvalue weighted by Crippen LogP contribution is -2.34. The Morgan fingerprint density at radius 3 is 2.50 bits per heavy atom. The number of nitrogens with one attached hydrogen (secondary N) is 1. The Morgan fingerprint density at radius 1 is 1.21 bits per heavy atom. The summed E-state index contributed by atoms with van der Waals surface area (Å²) in [5.74, 6) is -0.256. The Bertz CT molecular complexity index is 852. The molecule has 1 atom stereocenters. The van der Waals surface area contributed by atoms with E-state index in [1.807, 2.05) is 31.2 Å². The van der Waals surface area contributed by atoms with Gasteiger partial charge in [0.15, 0.2) is 5.69 Å². The van der Waals surface area contributed by atoms with E-state index in [0.717, 1.165) is 17.2 Å². The quantitative estimate of drug-likeness (QED) is 0.846. The van der Waals surface area contributed by atoms with Crippen molar-refractivity contribution >= 4 is 17.7 Å². The van der Waals surface area contributed by atoms with E-state index < -0.39 is 17.9 Å². The highest BCUT2D eigenvalue weighted by atomic mass is 19.4. The molecule has 1 aliphatic rings. The molecular weight excluding hydrogens is 371 g/mol. The lowest BCUT2D eigenvalue weighted by Gasteiger charge is -2.19. The average molecular weight is 393 g/mol. The Balaban J connectivity index is 1.74. The van der Waals surface area contributed by atoms with E-state index in [4.69, 9.17) is 0 Å². The van der Waals surface area contributed by atoms with Crippen LogP contribution in [0.2, 0.25) is 0 Å². The number of alkyl halides is 3. The average Bonchev–Trinajstić information content (AvgIpc) is 2.96. The summed E-state index contributed by atoms with van der Waals surface area (Å²) >= 11 is 0. The Hall–Kier alpha value is -2.84. The fraction of sp³-hybridized carbons (Fsp3) is 0.421. The maximum Gasteiger partial charge on any atom is 0.433 e. The van der Waals surface area contributed by atoms with E-state index in [2.05, 4.69) is 15.3 Å². The zero-order valence-corrected chi connectivity index (χ0v) is 15.9. The molecule has 0 bridgehead atoms. The predicted octanol–water partition coefficient (Wildman–Crippen LogP) is 3.08. The summed E-state index contributed by atoms with van der Waals surface area (Å²) in [5, 5.41) is 2.78. The van der Waals surface area contributed by atoms with Gasteiger partial charge in [0.25, 0.3) is 0 Å². The first-order valence-corrected chi connectivity index (χ1v) is 8.88. The molecule has 1 aromatic heterocycles. The van der Waals surface area contributed by atoms with E-state index in [0.29, 0.717) is 19.5 Å². The van der Waals surface area contributed by atoms with Crippen LogP contribution in [0.25, 0.3) is 0 Å². The molecule has 150 valence electrons. The highest BCUT2D eigenvalue weighted by Gasteiger charge is 2.36. The fourth-order valence-corrected chi connectivity index (χ4v) is 2.97. The molecule has 0 spiro atoms. The number of aryl methyl sites for hydroxylation is 1. The first kappa shape index (κ1) is 19.9. The molecule has 1 fully saturated rings. The summed E-state index contributed by atoms with van der Waals surface area (Å²) in [6.45, 7) is 2.97.